The number of nitrogens with one attached hydrogen (secondary N) is 1. The highest BCUT2D eigenvalue weighted by Crippen LogP contribution is 2.44. The molecule has 0 spiro atoms. The summed E-state index contributed by atoms with van der Waals surface area (Å²) >= 11 is 0. The number of aromatic amines is 1. The lowest BCUT2D eigenvalue weighted by molar-refractivity contribution is 0.0698. The molecule has 2 heterocycles. The molecule has 0 saturated carbocycles. The van der Waals surface area contributed by atoms with Crippen molar-refractivity contribution < 1.29 is 14.6 Å². The number of carboxylic acid groups (broad SMARTS) is 1. The van der Waals surface area contributed by atoms with Gasteiger partial charge in [0.15, 0.2) is 0 Å². The van der Waals surface area contributed by atoms with Crippen LogP contribution in [-0.2, 0) is 0 Å². The number of aromatic nitrogens is 1. The van der Waals surface area contributed by atoms with Crippen molar-refractivity contribution in [2.24, 2.45) is 10.8 Å². The molecule has 25 heavy (non-hydrogen) atoms. The van der Waals surface area contributed by atoms with Gasteiger partial charge in [0.1, 0.15) is 12.4 Å². The van der Waals surface area contributed by atoms with Gasteiger partial charge in [-0.3, -0.25) is 4.90 Å². The van der Waals surface area contributed by atoms with Crippen LogP contribution in [0.25, 0.3) is 10.9 Å². The van der Waals surface area contributed by atoms with Gasteiger partial charge < -0.3 is 14.8 Å². The van der Waals surface area contributed by atoms with Crippen LogP contribution in [0, 0.1) is 17.8 Å². The van der Waals surface area contributed by atoms with E-state index in [2.05, 4.69) is 37.6 Å². The molecule has 1 aliphatic heterocycles. The van der Waals surface area contributed by atoms with Crippen molar-refractivity contribution in [2.45, 2.75) is 34.6 Å². The van der Waals surface area contributed by atoms with Crippen LogP contribution >= 0.6 is 0 Å². The van der Waals surface area contributed by atoms with Crippen LogP contribution < -0.4 is 4.74 Å². The van der Waals surface area contributed by atoms with E-state index in [1.807, 2.05) is 18.2 Å². The number of aromatic carboxylic acids is 1. The minimum Gasteiger partial charge on any atom is -0.492 e. The lowest BCUT2D eigenvalue weighted by Crippen LogP contribution is -2.30. The molecule has 2 N–H and O–H groups in total. The Morgan fingerprint density at radius 2 is 1.88 bits per heavy atom. The maximum atomic E-state index is 11.5. The van der Waals surface area contributed by atoms with E-state index in [4.69, 9.17) is 4.74 Å². The molecule has 5 nitrogen and oxygen atoms in total. The first-order chi connectivity index (χ1) is 11.6. The average molecular weight is 344 g/mol. The minimum absolute atomic E-state index is 0.297. The van der Waals surface area contributed by atoms with Gasteiger partial charge in [0.05, 0.1) is 5.56 Å². The SMILES string of the molecule is Cc1[nH]c2ccc(OCCN3CC(C)(C)C(C)(C)C3)cc2c1C(=O)O. The van der Waals surface area contributed by atoms with Crippen molar-refractivity contribution in [3.63, 3.8) is 0 Å². The normalized spacial score (nSPS) is 19.4. The third-order valence-corrected chi connectivity index (χ3v) is 5.92. The Hall–Kier alpha value is -2.01. The molecular formula is C20H28N2O3. The topological polar surface area (TPSA) is 65.6 Å². The first-order valence-electron chi connectivity index (χ1n) is 8.81. The van der Waals surface area contributed by atoms with Crippen molar-refractivity contribution in [1.29, 1.82) is 0 Å². The molecule has 1 aliphatic rings. The fraction of sp³-hybridized carbons (Fsp3) is 0.550. The van der Waals surface area contributed by atoms with E-state index in [0.29, 0.717) is 39.8 Å². The Balaban J connectivity index is 1.66. The Morgan fingerprint density at radius 3 is 2.48 bits per heavy atom. The zero-order chi connectivity index (χ0) is 18.4. The fourth-order valence-corrected chi connectivity index (χ4v) is 3.72. The van der Waals surface area contributed by atoms with Gasteiger partial charge in [-0.2, -0.15) is 0 Å². The van der Waals surface area contributed by atoms with Crippen molar-refractivity contribution in [3.8, 4) is 5.75 Å². The van der Waals surface area contributed by atoms with Gasteiger partial charge in [-0.15, -0.1) is 0 Å². The summed E-state index contributed by atoms with van der Waals surface area (Å²) in [6.45, 7) is 14.7. The van der Waals surface area contributed by atoms with Gasteiger partial charge in [-0.1, -0.05) is 27.7 Å². The Labute approximate surface area is 149 Å². The fourth-order valence-electron chi connectivity index (χ4n) is 3.72. The standard InChI is InChI=1S/C20H28N2O3/c1-13-17(18(23)24)15-10-14(6-7-16(15)21-13)25-9-8-22-11-19(2,3)20(4,5)12-22/h6-7,10,21H,8-9,11-12H2,1-5H3,(H,23,24). The molecule has 3 rings (SSSR count). The zero-order valence-corrected chi connectivity index (χ0v) is 15.8. The van der Waals surface area contributed by atoms with Gasteiger partial charge in [0.2, 0.25) is 0 Å². The molecule has 1 fully saturated rings. The summed E-state index contributed by atoms with van der Waals surface area (Å²) in [5.74, 6) is -0.200. The summed E-state index contributed by atoms with van der Waals surface area (Å²) in [4.78, 5) is 17.0. The van der Waals surface area contributed by atoms with Crippen molar-refractivity contribution >= 4 is 16.9 Å². The van der Waals surface area contributed by atoms with Gasteiger partial charge >= 0.3 is 5.97 Å². The van der Waals surface area contributed by atoms with E-state index < -0.39 is 5.97 Å². The van der Waals surface area contributed by atoms with Crippen LogP contribution in [-0.4, -0.2) is 47.2 Å². The number of hydrogen-bond acceptors (Lipinski definition) is 3. The number of rotatable bonds is 5. The Morgan fingerprint density at radius 1 is 1.24 bits per heavy atom. The number of carboxylic acids is 1. The van der Waals surface area contributed by atoms with Crippen LogP contribution in [0.2, 0.25) is 0 Å². The van der Waals surface area contributed by atoms with E-state index >= 15 is 0 Å². The maximum absolute atomic E-state index is 11.5. The molecule has 2 aromatic rings. The number of fused-ring (bicyclic) bond motifs is 1. The van der Waals surface area contributed by atoms with Crippen molar-refractivity contribution in [3.05, 3.63) is 29.5 Å². The lowest BCUT2D eigenvalue weighted by atomic mass is 9.71. The molecule has 1 aromatic heterocycles. The molecule has 136 valence electrons. The Kier molecular flexibility index (Phi) is 4.31. The maximum Gasteiger partial charge on any atom is 0.338 e. The molecule has 0 radical (unpaired) electrons. The minimum atomic E-state index is -0.914. The van der Waals surface area contributed by atoms with Crippen LogP contribution in [0.3, 0.4) is 0 Å². The number of carbonyl (C=O) groups is 1. The first-order valence-corrected chi connectivity index (χ1v) is 8.81. The van der Waals surface area contributed by atoms with Crippen molar-refractivity contribution in [2.75, 3.05) is 26.2 Å². The smallest absolute Gasteiger partial charge is 0.338 e. The number of aryl methyl sites for hydroxylation is 1. The molecule has 0 aliphatic carbocycles. The summed E-state index contributed by atoms with van der Waals surface area (Å²) in [7, 11) is 0. The molecular weight excluding hydrogens is 316 g/mol. The summed E-state index contributed by atoms with van der Waals surface area (Å²) < 4.78 is 5.91. The Bertz CT molecular complexity index is 789. The molecule has 1 aromatic carbocycles. The third-order valence-electron chi connectivity index (χ3n) is 5.92. The number of hydrogen-bond donors (Lipinski definition) is 2. The van der Waals surface area contributed by atoms with Gasteiger partial charge in [0.25, 0.3) is 0 Å². The number of ether oxygens (including phenoxy) is 1. The number of benzene rings is 1. The highest BCUT2D eigenvalue weighted by molar-refractivity contribution is 6.05. The highest BCUT2D eigenvalue weighted by Gasteiger charge is 2.45. The monoisotopic (exact) mass is 344 g/mol. The zero-order valence-electron chi connectivity index (χ0n) is 15.8. The lowest BCUT2D eigenvalue weighted by Gasteiger charge is -2.33. The van der Waals surface area contributed by atoms with Gasteiger partial charge in [0, 0.05) is 36.2 Å². The first kappa shape index (κ1) is 17.8. The highest BCUT2D eigenvalue weighted by atomic mass is 16.5. The van der Waals surface area contributed by atoms with Crippen LogP contribution in [0.5, 0.6) is 5.75 Å². The van der Waals surface area contributed by atoms with E-state index in [1.54, 1.807) is 6.92 Å². The van der Waals surface area contributed by atoms with Gasteiger partial charge in [-0.05, 0) is 36.0 Å². The molecule has 0 atom stereocenters. The summed E-state index contributed by atoms with van der Waals surface area (Å²) in [6, 6.07) is 5.59. The predicted molar refractivity (Wildman–Crippen MR) is 99.5 cm³/mol. The largest absolute Gasteiger partial charge is 0.492 e. The number of H-pyrrole nitrogens is 1. The van der Waals surface area contributed by atoms with Crippen LogP contribution in [0.15, 0.2) is 18.2 Å². The van der Waals surface area contributed by atoms with E-state index in [0.717, 1.165) is 25.2 Å². The number of likely N-dealkylation sites (tertiary alicyclic amines) is 1. The average Bonchev–Trinajstić information content (AvgIpc) is 2.90. The third kappa shape index (κ3) is 3.25. The molecule has 0 amide bonds. The molecule has 0 bridgehead atoms. The van der Waals surface area contributed by atoms with Crippen molar-refractivity contribution in [1.82, 2.24) is 9.88 Å². The summed E-state index contributed by atoms with van der Waals surface area (Å²) in [5.41, 5.74) is 2.41. The van der Waals surface area contributed by atoms with Crippen LogP contribution in [0.1, 0.15) is 43.7 Å². The molecule has 5 heteroatoms. The second-order valence-electron chi connectivity index (χ2n) is 8.46. The van der Waals surface area contributed by atoms with E-state index in [1.165, 1.54) is 0 Å². The second-order valence-corrected chi connectivity index (χ2v) is 8.46. The summed E-state index contributed by atoms with van der Waals surface area (Å²) in [6.07, 6.45) is 0. The molecule has 0 unspecified atom stereocenters. The molecule has 1 saturated heterocycles. The summed E-state index contributed by atoms with van der Waals surface area (Å²) in [5, 5.41) is 10.1. The van der Waals surface area contributed by atoms with Gasteiger partial charge in [-0.25, -0.2) is 4.79 Å². The quantitative estimate of drug-likeness (QED) is 0.863. The van der Waals surface area contributed by atoms with E-state index in [-0.39, 0.29) is 0 Å². The second kappa shape index (κ2) is 6.06. The predicted octanol–water partition coefficient (Wildman–Crippen LogP) is 3.92. The van der Waals surface area contributed by atoms with Crippen LogP contribution in [0.4, 0.5) is 0 Å². The van der Waals surface area contributed by atoms with E-state index in [9.17, 15) is 9.90 Å². The number of nitrogens with zero attached hydrogens (tertiary/aromatic N) is 1.